The summed E-state index contributed by atoms with van der Waals surface area (Å²) < 4.78 is 0. The summed E-state index contributed by atoms with van der Waals surface area (Å²) in [6.45, 7) is 7.31. The molecule has 0 bridgehead atoms. The van der Waals surface area contributed by atoms with E-state index in [1.807, 2.05) is 13.0 Å². The van der Waals surface area contributed by atoms with Crippen molar-refractivity contribution in [3.8, 4) is 0 Å². The van der Waals surface area contributed by atoms with Crippen molar-refractivity contribution in [2.24, 2.45) is 5.92 Å². The number of aromatic nitrogens is 1. The second-order valence-electron chi connectivity index (χ2n) is 3.99. The van der Waals surface area contributed by atoms with Crippen molar-refractivity contribution < 1.29 is 0 Å². The van der Waals surface area contributed by atoms with Gasteiger partial charge >= 0.3 is 0 Å². The first-order valence-corrected chi connectivity index (χ1v) is 6.40. The van der Waals surface area contributed by atoms with Crippen LogP contribution in [0.2, 0.25) is 10.3 Å². The molecule has 90 valence electrons. The number of hydrogen-bond donors (Lipinski definition) is 1. The average Bonchev–Trinajstić information content (AvgIpc) is 2.22. The van der Waals surface area contributed by atoms with E-state index in [0.717, 1.165) is 17.8 Å². The molecule has 0 fully saturated rings. The minimum atomic E-state index is 0.440. The summed E-state index contributed by atoms with van der Waals surface area (Å²) in [4.78, 5) is 4.03. The Kier molecular flexibility index (Phi) is 5.36. The molecule has 1 N–H and O–H groups in total. The molecule has 0 spiro atoms. The van der Waals surface area contributed by atoms with Crippen LogP contribution in [0.15, 0.2) is 6.07 Å². The number of halogens is 2. The maximum absolute atomic E-state index is 6.05. The number of aryl methyl sites for hydroxylation is 1. The standard InChI is InChI=1S/C12H18Cl2N2/c1-4-9(5-2)7-15-11-8(3)6-10(13)16-12(11)14/h6,9,15H,4-5,7H2,1-3H3. The molecule has 16 heavy (non-hydrogen) atoms. The van der Waals surface area contributed by atoms with Crippen LogP contribution in [-0.4, -0.2) is 11.5 Å². The van der Waals surface area contributed by atoms with Gasteiger partial charge in [0.05, 0.1) is 5.69 Å². The van der Waals surface area contributed by atoms with Gasteiger partial charge < -0.3 is 5.32 Å². The first kappa shape index (κ1) is 13.6. The Morgan fingerprint density at radius 3 is 2.44 bits per heavy atom. The molecule has 2 nitrogen and oxygen atoms in total. The molecule has 1 rings (SSSR count). The Bertz CT molecular complexity index is 326. The smallest absolute Gasteiger partial charge is 0.154 e. The second kappa shape index (κ2) is 6.31. The summed E-state index contributed by atoms with van der Waals surface area (Å²) in [5.41, 5.74) is 1.94. The monoisotopic (exact) mass is 260 g/mol. The minimum absolute atomic E-state index is 0.440. The largest absolute Gasteiger partial charge is 0.382 e. The van der Waals surface area contributed by atoms with Gasteiger partial charge in [0.1, 0.15) is 5.15 Å². The lowest BCUT2D eigenvalue weighted by Gasteiger charge is -2.16. The minimum Gasteiger partial charge on any atom is -0.382 e. The highest BCUT2D eigenvalue weighted by molar-refractivity contribution is 6.34. The van der Waals surface area contributed by atoms with Gasteiger partial charge in [0.2, 0.25) is 0 Å². The molecule has 0 atom stereocenters. The summed E-state index contributed by atoms with van der Waals surface area (Å²) in [5, 5.41) is 4.25. The van der Waals surface area contributed by atoms with Crippen LogP contribution in [0, 0.1) is 12.8 Å². The summed E-state index contributed by atoms with van der Waals surface area (Å²) in [7, 11) is 0. The van der Waals surface area contributed by atoms with Crippen LogP contribution in [0.5, 0.6) is 0 Å². The molecule has 0 unspecified atom stereocenters. The van der Waals surface area contributed by atoms with E-state index < -0.39 is 0 Å². The number of pyridine rings is 1. The molecule has 0 aromatic carbocycles. The van der Waals surface area contributed by atoms with Gasteiger partial charge in [-0.3, -0.25) is 0 Å². The maximum Gasteiger partial charge on any atom is 0.154 e. The Labute approximate surface area is 107 Å². The molecule has 1 aromatic rings. The van der Waals surface area contributed by atoms with Crippen LogP contribution in [0.3, 0.4) is 0 Å². The zero-order valence-corrected chi connectivity index (χ0v) is 11.5. The average molecular weight is 261 g/mol. The molecule has 0 aliphatic rings. The highest BCUT2D eigenvalue weighted by atomic mass is 35.5. The quantitative estimate of drug-likeness (QED) is 0.787. The van der Waals surface area contributed by atoms with Crippen molar-refractivity contribution in [1.29, 1.82) is 0 Å². The summed E-state index contributed by atoms with van der Waals surface area (Å²) in [6.07, 6.45) is 2.34. The lowest BCUT2D eigenvalue weighted by atomic mass is 10.0. The van der Waals surface area contributed by atoms with Gasteiger partial charge in [-0.2, -0.15) is 0 Å². The third-order valence-electron chi connectivity index (χ3n) is 2.86. The Hall–Kier alpha value is -0.470. The third kappa shape index (κ3) is 3.53. The highest BCUT2D eigenvalue weighted by Crippen LogP contribution is 2.26. The SMILES string of the molecule is CCC(CC)CNc1c(C)cc(Cl)nc1Cl. The molecule has 1 heterocycles. The molecule has 0 saturated heterocycles. The van der Waals surface area contributed by atoms with Crippen LogP contribution in [0.25, 0.3) is 0 Å². The molecule has 0 amide bonds. The molecule has 0 aliphatic heterocycles. The Balaban J connectivity index is 2.74. The van der Waals surface area contributed by atoms with Crippen molar-refractivity contribution >= 4 is 28.9 Å². The van der Waals surface area contributed by atoms with E-state index in [2.05, 4.69) is 24.1 Å². The molecule has 4 heteroatoms. The third-order valence-corrected chi connectivity index (χ3v) is 3.33. The zero-order valence-electron chi connectivity index (χ0n) is 9.98. The lowest BCUT2D eigenvalue weighted by Crippen LogP contribution is -2.14. The fourth-order valence-electron chi connectivity index (χ4n) is 1.63. The van der Waals surface area contributed by atoms with Gasteiger partial charge in [0, 0.05) is 6.54 Å². The predicted molar refractivity (Wildman–Crippen MR) is 71.6 cm³/mol. The number of hydrogen-bond acceptors (Lipinski definition) is 2. The topological polar surface area (TPSA) is 24.9 Å². The van der Waals surface area contributed by atoms with Gasteiger partial charge in [0.25, 0.3) is 0 Å². The molecule has 1 aromatic heterocycles. The fraction of sp³-hybridized carbons (Fsp3) is 0.583. The van der Waals surface area contributed by atoms with Gasteiger partial charge in [-0.1, -0.05) is 49.9 Å². The fourth-order valence-corrected chi connectivity index (χ4v) is 2.23. The Morgan fingerprint density at radius 2 is 1.94 bits per heavy atom. The van der Waals surface area contributed by atoms with Crippen LogP contribution >= 0.6 is 23.2 Å². The normalized spacial score (nSPS) is 10.9. The van der Waals surface area contributed by atoms with Crippen molar-refractivity contribution in [3.05, 3.63) is 21.9 Å². The van der Waals surface area contributed by atoms with Gasteiger partial charge in [-0.25, -0.2) is 4.98 Å². The van der Waals surface area contributed by atoms with Crippen LogP contribution in [0.4, 0.5) is 5.69 Å². The van der Waals surface area contributed by atoms with Crippen molar-refractivity contribution in [2.75, 3.05) is 11.9 Å². The zero-order chi connectivity index (χ0) is 12.1. The molecular formula is C12H18Cl2N2. The number of anilines is 1. The number of nitrogens with one attached hydrogen (secondary N) is 1. The van der Waals surface area contributed by atoms with Crippen LogP contribution in [-0.2, 0) is 0 Å². The summed E-state index contributed by atoms with van der Waals surface area (Å²) in [6, 6.07) is 1.82. The highest BCUT2D eigenvalue weighted by Gasteiger charge is 2.09. The van der Waals surface area contributed by atoms with E-state index in [1.165, 1.54) is 12.8 Å². The van der Waals surface area contributed by atoms with Gasteiger partial charge in [-0.05, 0) is 24.5 Å². The van der Waals surface area contributed by atoms with E-state index in [-0.39, 0.29) is 0 Å². The van der Waals surface area contributed by atoms with Crippen molar-refractivity contribution in [2.45, 2.75) is 33.6 Å². The first-order chi connectivity index (χ1) is 7.58. The van der Waals surface area contributed by atoms with Crippen molar-refractivity contribution in [1.82, 2.24) is 4.98 Å². The molecular weight excluding hydrogens is 243 g/mol. The summed E-state index contributed by atoms with van der Waals surface area (Å²) >= 11 is 11.9. The van der Waals surface area contributed by atoms with E-state index in [1.54, 1.807) is 0 Å². The molecule has 0 aliphatic carbocycles. The van der Waals surface area contributed by atoms with Crippen LogP contribution < -0.4 is 5.32 Å². The van der Waals surface area contributed by atoms with E-state index in [0.29, 0.717) is 16.2 Å². The number of nitrogens with zero attached hydrogens (tertiary/aromatic N) is 1. The predicted octanol–water partition coefficient (Wildman–Crippen LogP) is 4.54. The van der Waals surface area contributed by atoms with E-state index >= 15 is 0 Å². The lowest BCUT2D eigenvalue weighted by molar-refractivity contribution is 0.519. The van der Waals surface area contributed by atoms with E-state index in [4.69, 9.17) is 23.2 Å². The van der Waals surface area contributed by atoms with Gasteiger partial charge in [-0.15, -0.1) is 0 Å². The number of rotatable bonds is 5. The first-order valence-electron chi connectivity index (χ1n) is 5.65. The molecule has 0 saturated carbocycles. The second-order valence-corrected chi connectivity index (χ2v) is 4.74. The Morgan fingerprint density at radius 1 is 1.31 bits per heavy atom. The van der Waals surface area contributed by atoms with Gasteiger partial charge in [0.15, 0.2) is 5.15 Å². The van der Waals surface area contributed by atoms with Crippen molar-refractivity contribution in [3.63, 3.8) is 0 Å². The summed E-state index contributed by atoms with van der Waals surface area (Å²) in [5.74, 6) is 0.672. The molecule has 0 radical (unpaired) electrons. The van der Waals surface area contributed by atoms with Crippen LogP contribution in [0.1, 0.15) is 32.3 Å². The van der Waals surface area contributed by atoms with E-state index in [9.17, 15) is 0 Å². The maximum atomic E-state index is 6.05.